The van der Waals surface area contributed by atoms with E-state index in [-0.39, 0.29) is 31.4 Å². The van der Waals surface area contributed by atoms with E-state index >= 15 is 0 Å². The molecule has 0 saturated carbocycles. The number of allylic oxidation sites excluding steroid dienone is 3. The van der Waals surface area contributed by atoms with Crippen LogP contribution >= 0.6 is 11.6 Å². The summed E-state index contributed by atoms with van der Waals surface area (Å²) in [6, 6.07) is 12.3. The number of fused-ring (bicyclic) bond motifs is 1. The lowest BCUT2D eigenvalue weighted by Gasteiger charge is -2.32. The number of piperidine rings is 1. The molecule has 0 radical (unpaired) electrons. The average molecular weight is 729 g/mol. The van der Waals surface area contributed by atoms with Gasteiger partial charge < -0.3 is 35.4 Å². The number of rotatable bonds is 15. The topological polar surface area (TPSA) is 175 Å². The molecule has 2 aromatic carbocycles. The number of aromatic nitrogens is 2. The maximum absolute atomic E-state index is 13.8. The van der Waals surface area contributed by atoms with Gasteiger partial charge in [-0.25, -0.2) is 14.4 Å². The van der Waals surface area contributed by atoms with Crippen LogP contribution in [0.1, 0.15) is 55.0 Å². The lowest BCUT2D eigenvalue weighted by atomic mass is 9.93. The van der Waals surface area contributed by atoms with Crippen molar-refractivity contribution in [2.45, 2.75) is 63.8 Å². The second kappa shape index (κ2) is 23.9. The SMILES string of the molecule is C=N/C(=C\C=C/CC1CCN(Cc2nc3cc(C(C=O)CC(N)=O)ccc3n2C[C@@H]2CCO2)CC1)OCc1ccccc1F.CCl.CO.NC=O. The number of aliphatic imine (C=N–C) groups is 1. The third-order valence-electron chi connectivity index (χ3n) is 8.45. The van der Waals surface area contributed by atoms with Crippen LogP contribution in [0.2, 0.25) is 0 Å². The Balaban J connectivity index is 0.00000120. The molecule has 14 heteroatoms. The van der Waals surface area contributed by atoms with Crippen LogP contribution in [0.5, 0.6) is 0 Å². The summed E-state index contributed by atoms with van der Waals surface area (Å²) in [4.78, 5) is 43.0. The Morgan fingerprint density at radius 1 is 1.20 bits per heavy atom. The highest BCUT2D eigenvalue weighted by Crippen LogP contribution is 2.28. The van der Waals surface area contributed by atoms with Crippen molar-refractivity contribution in [2.75, 3.05) is 33.2 Å². The number of halogens is 2. The fourth-order valence-electron chi connectivity index (χ4n) is 5.76. The Morgan fingerprint density at radius 3 is 2.47 bits per heavy atom. The van der Waals surface area contributed by atoms with E-state index in [0.29, 0.717) is 17.4 Å². The number of hydrogen-bond acceptors (Lipinski definition) is 9. The van der Waals surface area contributed by atoms with Gasteiger partial charge in [0.05, 0.1) is 30.2 Å². The molecule has 2 atom stereocenters. The molecule has 1 unspecified atom stereocenters. The zero-order valence-electron chi connectivity index (χ0n) is 29.3. The molecular formula is C37H50ClFN6O6. The van der Waals surface area contributed by atoms with Gasteiger partial charge in [0.2, 0.25) is 18.2 Å². The van der Waals surface area contributed by atoms with Crippen LogP contribution in [-0.2, 0) is 43.6 Å². The smallest absolute Gasteiger partial charge is 0.218 e. The van der Waals surface area contributed by atoms with Gasteiger partial charge in [0.15, 0.2) is 0 Å². The summed E-state index contributed by atoms with van der Waals surface area (Å²) in [7, 11) is 1.00. The molecule has 0 spiro atoms. The Bertz CT molecular complexity index is 1590. The van der Waals surface area contributed by atoms with Crippen molar-refractivity contribution in [1.82, 2.24) is 14.5 Å². The first-order chi connectivity index (χ1) is 24.8. The fourth-order valence-corrected chi connectivity index (χ4v) is 5.76. The maximum Gasteiger partial charge on any atom is 0.218 e. The predicted molar refractivity (Wildman–Crippen MR) is 197 cm³/mol. The first kappa shape index (κ1) is 42.7. The number of alkyl halides is 1. The molecule has 0 aliphatic carbocycles. The van der Waals surface area contributed by atoms with Gasteiger partial charge in [0.1, 0.15) is 24.5 Å². The van der Waals surface area contributed by atoms with Crippen molar-refractivity contribution in [1.29, 1.82) is 0 Å². The number of aliphatic hydroxyl groups excluding tert-OH is 1. The number of likely N-dealkylation sites (tertiary alicyclic amines) is 1. The van der Waals surface area contributed by atoms with Gasteiger partial charge in [-0.15, -0.1) is 11.6 Å². The molecule has 2 saturated heterocycles. The van der Waals surface area contributed by atoms with E-state index in [1.165, 1.54) is 12.4 Å². The minimum atomic E-state index is -0.574. The van der Waals surface area contributed by atoms with Crippen molar-refractivity contribution >= 4 is 48.0 Å². The van der Waals surface area contributed by atoms with E-state index in [4.69, 9.17) is 30.1 Å². The van der Waals surface area contributed by atoms with E-state index in [2.05, 4.69) is 44.6 Å². The molecule has 5 rings (SSSR count). The van der Waals surface area contributed by atoms with Gasteiger partial charge >= 0.3 is 0 Å². The average Bonchev–Trinajstić information content (AvgIpc) is 3.47. The monoisotopic (exact) mass is 728 g/mol. The highest BCUT2D eigenvalue weighted by atomic mass is 35.5. The Hall–Kier alpha value is -4.43. The number of amides is 2. The number of ether oxygens (including phenoxy) is 2. The van der Waals surface area contributed by atoms with Crippen LogP contribution in [0.15, 0.2) is 71.6 Å². The molecule has 3 heterocycles. The first-order valence-corrected chi connectivity index (χ1v) is 17.3. The zero-order chi connectivity index (χ0) is 37.6. The van der Waals surface area contributed by atoms with Crippen molar-refractivity contribution in [3.05, 3.63) is 89.3 Å². The second-order valence-electron chi connectivity index (χ2n) is 11.6. The van der Waals surface area contributed by atoms with Crippen LogP contribution in [0.25, 0.3) is 11.0 Å². The van der Waals surface area contributed by atoms with E-state index in [1.54, 1.807) is 24.3 Å². The maximum atomic E-state index is 13.8. The number of nitrogens with two attached hydrogens (primary N) is 2. The third kappa shape index (κ3) is 13.7. The van der Waals surface area contributed by atoms with Crippen molar-refractivity contribution in [3.63, 3.8) is 0 Å². The van der Waals surface area contributed by atoms with E-state index in [0.717, 1.165) is 94.3 Å². The number of aldehydes is 1. The molecule has 51 heavy (non-hydrogen) atoms. The Morgan fingerprint density at radius 2 is 1.88 bits per heavy atom. The third-order valence-corrected chi connectivity index (χ3v) is 8.45. The predicted octanol–water partition coefficient (Wildman–Crippen LogP) is 4.60. The summed E-state index contributed by atoms with van der Waals surface area (Å²) in [5.74, 6) is 0.530. The van der Waals surface area contributed by atoms with Crippen LogP contribution in [0, 0.1) is 11.7 Å². The van der Waals surface area contributed by atoms with Crippen LogP contribution in [-0.4, -0.2) is 84.2 Å². The summed E-state index contributed by atoms with van der Waals surface area (Å²) in [5, 5.41) is 7.00. The Labute approximate surface area is 304 Å². The van der Waals surface area contributed by atoms with Gasteiger partial charge in [0.25, 0.3) is 0 Å². The van der Waals surface area contributed by atoms with Crippen molar-refractivity contribution in [3.8, 4) is 0 Å². The van der Waals surface area contributed by atoms with Gasteiger partial charge in [-0.05, 0) is 81.2 Å². The summed E-state index contributed by atoms with van der Waals surface area (Å²) < 4.78 is 27.4. The molecular weight excluding hydrogens is 679 g/mol. The molecule has 2 amide bonds. The largest absolute Gasteiger partial charge is 0.473 e. The first-order valence-electron chi connectivity index (χ1n) is 16.6. The van der Waals surface area contributed by atoms with Crippen molar-refractivity contribution in [2.24, 2.45) is 22.4 Å². The number of carbonyl (C=O) groups is 3. The summed E-state index contributed by atoms with van der Waals surface area (Å²) in [6.45, 7) is 7.85. The Kier molecular flexibility index (Phi) is 20.0. The number of imidazole rings is 1. The summed E-state index contributed by atoms with van der Waals surface area (Å²) >= 11 is 4.64. The second-order valence-corrected chi connectivity index (χ2v) is 11.6. The highest BCUT2D eigenvalue weighted by molar-refractivity contribution is 6.15. The number of nitrogens with zero attached hydrogens (tertiary/aromatic N) is 4. The van der Waals surface area contributed by atoms with Crippen LogP contribution < -0.4 is 11.5 Å². The summed E-state index contributed by atoms with van der Waals surface area (Å²) in [5.41, 5.74) is 12.6. The van der Waals surface area contributed by atoms with Crippen molar-refractivity contribution < 1.29 is 33.4 Å². The molecule has 12 nitrogen and oxygen atoms in total. The minimum absolute atomic E-state index is 0.0194. The van der Waals surface area contributed by atoms with E-state index < -0.39 is 11.8 Å². The number of hydrogen-bond donors (Lipinski definition) is 3. The molecule has 278 valence electrons. The molecule has 2 aliphatic rings. The quantitative estimate of drug-likeness (QED) is 0.0669. The molecule has 1 aromatic heterocycles. The van der Waals surface area contributed by atoms with Gasteiger partial charge in [-0.2, -0.15) is 0 Å². The molecule has 2 fully saturated rings. The lowest BCUT2D eigenvalue weighted by molar-refractivity contribution is -0.120. The minimum Gasteiger partial charge on any atom is -0.473 e. The number of primary amides is 2. The lowest BCUT2D eigenvalue weighted by Crippen LogP contribution is -2.35. The van der Waals surface area contributed by atoms with E-state index in [9.17, 15) is 14.0 Å². The van der Waals surface area contributed by atoms with Gasteiger partial charge in [-0.1, -0.05) is 36.4 Å². The standard InChI is InChI=1S/C34H40FN5O4.CH3Cl.CH3NO.CH4O/c1-37-34(44-23-26-7-3-4-8-29(26)35)9-5-2-6-24-12-15-39(16-13-24)21-33-38-30-18-25(27(22-41)19-32(36)42)10-11-31(30)40(33)20-28-14-17-43-28;1-2;2-1-3;1-2/h2-5,7-11,18,22,24,27-28H,1,6,12-17,19-21,23H2,(H2,36,42);1H3;1H,(H2,2,3);2H,1H3/b5-2-,34-9+;;;/t27?,28-;;;/m0.../s1. The summed E-state index contributed by atoms with van der Waals surface area (Å²) in [6.07, 6.45) is 12.6. The van der Waals surface area contributed by atoms with Crippen LogP contribution in [0.3, 0.4) is 0 Å². The van der Waals surface area contributed by atoms with Crippen LogP contribution in [0.4, 0.5) is 4.39 Å². The van der Waals surface area contributed by atoms with Gasteiger partial charge in [0, 0.05) is 38.0 Å². The molecule has 2 aliphatic heterocycles. The molecule has 5 N–H and O–H groups in total. The molecule has 3 aromatic rings. The number of aliphatic hydroxyl groups is 1. The number of carbonyl (C=O) groups excluding carboxylic acids is 3. The van der Waals surface area contributed by atoms with Gasteiger partial charge in [-0.3, -0.25) is 14.5 Å². The zero-order valence-corrected chi connectivity index (χ0v) is 30.1. The van der Waals surface area contributed by atoms with E-state index in [1.807, 2.05) is 24.3 Å². The normalized spacial score (nSPS) is 16.6. The molecule has 0 bridgehead atoms. The fraction of sp³-hybridized carbons (Fsp3) is 0.432. The number of benzene rings is 2. The highest BCUT2D eigenvalue weighted by Gasteiger charge is 2.25.